The highest BCUT2D eigenvalue weighted by Gasteiger charge is 2.22. The van der Waals surface area contributed by atoms with Crippen molar-refractivity contribution in [2.75, 3.05) is 12.3 Å². The number of nitrogens with two attached hydrogens (primary N) is 1. The van der Waals surface area contributed by atoms with Gasteiger partial charge < -0.3 is 20.7 Å². The summed E-state index contributed by atoms with van der Waals surface area (Å²) >= 11 is 0. The number of carbonyl (C=O) groups is 1. The molecule has 1 heterocycles. The molecule has 0 spiro atoms. The maximum atomic E-state index is 11.1. The molecule has 1 aromatic rings. The zero-order valence-electron chi connectivity index (χ0n) is 9.41. The average molecular weight is 241 g/mol. The molecule has 2 atom stereocenters. The van der Waals surface area contributed by atoms with E-state index >= 15 is 0 Å². The van der Waals surface area contributed by atoms with Gasteiger partial charge in [-0.15, -0.1) is 0 Å². The molecule has 7 nitrogen and oxygen atoms in total. The smallest absolute Gasteiger partial charge is 0.308 e. The van der Waals surface area contributed by atoms with Gasteiger partial charge in [0.25, 0.3) is 0 Å². The Bertz CT molecular complexity index is 368. The van der Waals surface area contributed by atoms with Crippen molar-refractivity contribution in [1.82, 2.24) is 9.97 Å². The number of nitrogen functional groups attached to an aromatic ring is 1. The molecule has 0 radical (unpaired) electrons. The molecule has 0 aromatic carbocycles. The Hall–Kier alpha value is -1.73. The summed E-state index contributed by atoms with van der Waals surface area (Å²) in [6.45, 7) is 1.89. The normalized spacial score (nSPS) is 14.1. The van der Waals surface area contributed by atoms with Gasteiger partial charge in [0.05, 0.1) is 19.1 Å². The Morgan fingerprint density at radius 3 is 2.59 bits per heavy atom. The molecule has 0 saturated carbocycles. The average Bonchev–Trinajstić information content (AvgIpc) is 2.29. The number of carbonyl (C=O) groups excluding carboxylic acids is 1. The third-order valence-electron chi connectivity index (χ3n) is 2.08. The van der Waals surface area contributed by atoms with E-state index in [1.54, 1.807) is 6.92 Å². The number of aliphatic hydroxyl groups is 2. The van der Waals surface area contributed by atoms with E-state index < -0.39 is 18.2 Å². The molecule has 7 heteroatoms. The van der Waals surface area contributed by atoms with Gasteiger partial charge in [0.15, 0.2) is 0 Å². The standard InChI is InChI=1S/C10H15N3O4/c1-2-17-8(15)3-7(14)9(16)6-4-12-10(11)13-5-6/h4-5,7,9,14,16H,2-3H2,1H3,(H2,11,12,13). The van der Waals surface area contributed by atoms with Crippen LogP contribution in [-0.2, 0) is 9.53 Å². The number of anilines is 1. The van der Waals surface area contributed by atoms with E-state index in [0.717, 1.165) is 0 Å². The van der Waals surface area contributed by atoms with Crippen molar-refractivity contribution in [3.63, 3.8) is 0 Å². The number of esters is 1. The van der Waals surface area contributed by atoms with Gasteiger partial charge in [-0.2, -0.15) is 0 Å². The van der Waals surface area contributed by atoms with Crippen molar-refractivity contribution in [2.24, 2.45) is 0 Å². The number of hydrogen-bond donors (Lipinski definition) is 3. The van der Waals surface area contributed by atoms with Crippen LogP contribution >= 0.6 is 0 Å². The molecule has 0 saturated heterocycles. The topological polar surface area (TPSA) is 119 Å². The minimum Gasteiger partial charge on any atom is -0.466 e. The Labute approximate surface area is 98.3 Å². The summed E-state index contributed by atoms with van der Waals surface area (Å²) < 4.78 is 4.66. The fourth-order valence-corrected chi connectivity index (χ4v) is 1.23. The lowest BCUT2D eigenvalue weighted by Gasteiger charge is -2.16. The maximum absolute atomic E-state index is 11.1. The van der Waals surface area contributed by atoms with Crippen LogP contribution in [0.4, 0.5) is 5.95 Å². The van der Waals surface area contributed by atoms with E-state index in [1.165, 1.54) is 12.4 Å². The van der Waals surface area contributed by atoms with Gasteiger partial charge in [0.1, 0.15) is 6.10 Å². The number of nitrogens with zero attached hydrogens (tertiary/aromatic N) is 2. The van der Waals surface area contributed by atoms with Crippen LogP contribution < -0.4 is 5.73 Å². The molecule has 1 aromatic heterocycles. The van der Waals surface area contributed by atoms with Gasteiger partial charge >= 0.3 is 5.97 Å². The van der Waals surface area contributed by atoms with Crippen molar-refractivity contribution >= 4 is 11.9 Å². The molecule has 17 heavy (non-hydrogen) atoms. The molecule has 94 valence electrons. The van der Waals surface area contributed by atoms with Crippen molar-refractivity contribution in [2.45, 2.75) is 25.6 Å². The van der Waals surface area contributed by atoms with E-state index in [0.29, 0.717) is 0 Å². The molecule has 0 amide bonds. The Kier molecular flexibility index (Phi) is 4.80. The van der Waals surface area contributed by atoms with Crippen LogP contribution in [0.15, 0.2) is 12.4 Å². The van der Waals surface area contributed by atoms with Crippen molar-refractivity contribution in [3.05, 3.63) is 18.0 Å². The number of aromatic nitrogens is 2. The number of aliphatic hydroxyl groups excluding tert-OH is 2. The molecule has 2 unspecified atom stereocenters. The van der Waals surface area contributed by atoms with E-state index in [2.05, 4.69) is 14.7 Å². The Morgan fingerprint density at radius 1 is 1.47 bits per heavy atom. The predicted molar refractivity (Wildman–Crippen MR) is 58.7 cm³/mol. The zero-order chi connectivity index (χ0) is 12.8. The molecule has 0 bridgehead atoms. The van der Waals surface area contributed by atoms with Gasteiger partial charge in [-0.3, -0.25) is 4.79 Å². The van der Waals surface area contributed by atoms with Crippen LogP contribution in [0.25, 0.3) is 0 Å². The fourth-order valence-electron chi connectivity index (χ4n) is 1.23. The fraction of sp³-hybridized carbons (Fsp3) is 0.500. The summed E-state index contributed by atoms with van der Waals surface area (Å²) in [4.78, 5) is 18.5. The Balaban J connectivity index is 2.60. The monoisotopic (exact) mass is 241 g/mol. The SMILES string of the molecule is CCOC(=O)CC(O)C(O)c1cnc(N)nc1. The first-order valence-corrected chi connectivity index (χ1v) is 5.13. The summed E-state index contributed by atoms with van der Waals surface area (Å²) in [5.74, 6) is -0.503. The third-order valence-corrected chi connectivity index (χ3v) is 2.08. The lowest BCUT2D eigenvalue weighted by molar-refractivity contribution is -0.147. The summed E-state index contributed by atoms with van der Waals surface area (Å²) in [7, 11) is 0. The quantitative estimate of drug-likeness (QED) is 0.589. The minimum atomic E-state index is -1.26. The van der Waals surface area contributed by atoms with E-state index in [-0.39, 0.29) is 24.5 Å². The van der Waals surface area contributed by atoms with Crippen molar-refractivity contribution in [3.8, 4) is 0 Å². The number of hydrogen-bond acceptors (Lipinski definition) is 7. The van der Waals surface area contributed by atoms with E-state index in [4.69, 9.17) is 5.73 Å². The second-order valence-electron chi connectivity index (χ2n) is 3.40. The Morgan fingerprint density at radius 2 is 2.06 bits per heavy atom. The predicted octanol–water partition coefficient (Wildman–Crippen LogP) is -0.594. The highest BCUT2D eigenvalue weighted by Crippen LogP contribution is 2.17. The lowest BCUT2D eigenvalue weighted by atomic mass is 10.1. The highest BCUT2D eigenvalue weighted by atomic mass is 16.5. The van der Waals surface area contributed by atoms with Crippen LogP contribution in [0.2, 0.25) is 0 Å². The van der Waals surface area contributed by atoms with Crippen LogP contribution in [0.5, 0.6) is 0 Å². The van der Waals surface area contributed by atoms with E-state index in [9.17, 15) is 15.0 Å². The molecule has 0 aliphatic rings. The number of ether oxygens (including phenoxy) is 1. The third kappa shape index (κ3) is 3.97. The first-order valence-electron chi connectivity index (χ1n) is 5.13. The van der Waals surface area contributed by atoms with Crippen molar-refractivity contribution in [1.29, 1.82) is 0 Å². The summed E-state index contributed by atoms with van der Waals surface area (Å²) in [5, 5.41) is 19.3. The van der Waals surface area contributed by atoms with Crippen LogP contribution in [0, 0.1) is 0 Å². The van der Waals surface area contributed by atoms with Gasteiger partial charge in [-0.25, -0.2) is 9.97 Å². The molecular formula is C10H15N3O4. The summed E-state index contributed by atoms with van der Waals surface area (Å²) in [6, 6.07) is 0. The highest BCUT2D eigenvalue weighted by molar-refractivity contribution is 5.70. The summed E-state index contributed by atoms with van der Waals surface area (Å²) in [5.41, 5.74) is 5.57. The molecule has 0 aliphatic carbocycles. The molecule has 1 rings (SSSR count). The van der Waals surface area contributed by atoms with Gasteiger partial charge in [-0.05, 0) is 6.92 Å². The second kappa shape index (κ2) is 6.12. The zero-order valence-corrected chi connectivity index (χ0v) is 9.41. The first kappa shape index (κ1) is 13.3. The van der Waals surface area contributed by atoms with Crippen molar-refractivity contribution < 1.29 is 19.7 Å². The number of rotatable bonds is 5. The largest absolute Gasteiger partial charge is 0.466 e. The van der Waals surface area contributed by atoms with E-state index in [1.807, 2.05) is 0 Å². The molecule has 4 N–H and O–H groups in total. The van der Waals surface area contributed by atoms with Gasteiger partial charge in [-0.1, -0.05) is 0 Å². The minimum absolute atomic E-state index is 0.0702. The molecule has 0 aliphatic heterocycles. The maximum Gasteiger partial charge on any atom is 0.308 e. The van der Waals surface area contributed by atoms with Gasteiger partial charge in [0.2, 0.25) is 5.95 Å². The molecular weight excluding hydrogens is 226 g/mol. The first-order chi connectivity index (χ1) is 8.04. The van der Waals surface area contributed by atoms with Crippen LogP contribution in [0.3, 0.4) is 0 Å². The van der Waals surface area contributed by atoms with Gasteiger partial charge in [0, 0.05) is 18.0 Å². The van der Waals surface area contributed by atoms with Crippen LogP contribution in [0.1, 0.15) is 25.0 Å². The summed E-state index contributed by atoms with van der Waals surface area (Å²) in [6.07, 6.45) is -0.219. The second-order valence-corrected chi connectivity index (χ2v) is 3.40. The lowest BCUT2D eigenvalue weighted by Crippen LogP contribution is -2.23. The van der Waals surface area contributed by atoms with Crippen LogP contribution in [-0.4, -0.2) is 38.9 Å². The molecule has 0 fully saturated rings.